The van der Waals surface area contributed by atoms with Crippen LogP contribution in [0, 0.1) is 5.82 Å². The number of benzene rings is 1. The summed E-state index contributed by atoms with van der Waals surface area (Å²) in [6.07, 6.45) is 5.30. The number of fused-ring (bicyclic) bond motifs is 1. The van der Waals surface area contributed by atoms with Gasteiger partial charge in [-0.05, 0) is 56.1 Å². The van der Waals surface area contributed by atoms with Crippen molar-refractivity contribution >= 4 is 16.9 Å². The van der Waals surface area contributed by atoms with Crippen LogP contribution in [0.3, 0.4) is 0 Å². The van der Waals surface area contributed by atoms with Crippen LogP contribution in [0.4, 0.5) is 4.39 Å². The van der Waals surface area contributed by atoms with Crippen molar-refractivity contribution in [2.24, 2.45) is 4.99 Å². The lowest BCUT2D eigenvalue weighted by Crippen LogP contribution is -2.45. The Kier molecular flexibility index (Phi) is 5.91. The van der Waals surface area contributed by atoms with Crippen molar-refractivity contribution in [1.82, 2.24) is 20.5 Å². The normalized spacial score (nSPS) is 18.8. The zero-order valence-corrected chi connectivity index (χ0v) is 15.1. The van der Waals surface area contributed by atoms with Crippen molar-refractivity contribution < 1.29 is 4.39 Å². The second-order valence-electron chi connectivity index (χ2n) is 6.56. The summed E-state index contributed by atoms with van der Waals surface area (Å²) in [5.41, 5.74) is 2.09. The van der Waals surface area contributed by atoms with E-state index in [0.717, 1.165) is 48.5 Å². The zero-order chi connectivity index (χ0) is 17.6. The minimum absolute atomic E-state index is 0.198. The SMILES string of the molecule is CCN1CCCC1CNC(=NC)NCCc1c[nH]c2ccc(F)cc12. The largest absolute Gasteiger partial charge is 0.361 e. The Morgan fingerprint density at radius 1 is 1.40 bits per heavy atom. The number of rotatable bonds is 6. The summed E-state index contributed by atoms with van der Waals surface area (Å²) in [5, 5.41) is 7.74. The van der Waals surface area contributed by atoms with Gasteiger partial charge in [0.2, 0.25) is 0 Å². The molecular weight excluding hydrogens is 317 g/mol. The van der Waals surface area contributed by atoms with Gasteiger partial charge in [-0.15, -0.1) is 0 Å². The van der Waals surface area contributed by atoms with Crippen molar-refractivity contribution in [2.75, 3.05) is 33.2 Å². The molecule has 1 aliphatic rings. The quantitative estimate of drug-likeness (QED) is 0.557. The molecule has 0 bridgehead atoms. The first-order valence-corrected chi connectivity index (χ1v) is 9.15. The van der Waals surface area contributed by atoms with Gasteiger partial charge in [-0.2, -0.15) is 0 Å². The molecule has 3 N–H and O–H groups in total. The van der Waals surface area contributed by atoms with Crippen molar-refractivity contribution in [3.8, 4) is 0 Å². The van der Waals surface area contributed by atoms with E-state index in [2.05, 4.69) is 32.4 Å². The van der Waals surface area contributed by atoms with E-state index in [-0.39, 0.29) is 5.82 Å². The molecule has 3 rings (SSSR count). The Morgan fingerprint density at radius 3 is 3.08 bits per heavy atom. The van der Waals surface area contributed by atoms with E-state index in [9.17, 15) is 4.39 Å². The molecule has 0 amide bonds. The topological polar surface area (TPSA) is 55.4 Å². The fraction of sp³-hybridized carbons (Fsp3) is 0.526. The van der Waals surface area contributed by atoms with Crippen molar-refractivity contribution in [3.05, 3.63) is 35.8 Å². The fourth-order valence-corrected chi connectivity index (χ4v) is 3.65. The van der Waals surface area contributed by atoms with Gasteiger partial charge in [0, 0.05) is 43.3 Å². The summed E-state index contributed by atoms with van der Waals surface area (Å²) in [7, 11) is 1.79. The number of H-pyrrole nitrogens is 1. The molecule has 0 spiro atoms. The van der Waals surface area contributed by atoms with E-state index >= 15 is 0 Å². The van der Waals surface area contributed by atoms with Gasteiger partial charge in [-0.1, -0.05) is 6.92 Å². The minimum atomic E-state index is -0.198. The molecule has 5 nitrogen and oxygen atoms in total. The third-order valence-corrected chi connectivity index (χ3v) is 5.05. The molecular formula is C19H28FN5. The van der Waals surface area contributed by atoms with E-state index in [1.807, 2.05) is 6.20 Å². The maximum atomic E-state index is 13.4. The molecule has 1 fully saturated rings. The second kappa shape index (κ2) is 8.34. The monoisotopic (exact) mass is 345 g/mol. The van der Waals surface area contributed by atoms with E-state index in [1.54, 1.807) is 19.2 Å². The highest BCUT2D eigenvalue weighted by Crippen LogP contribution is 2.19. The molecule has 2 aromatic rings. The molecule has 1 unspecified atom stereocenters. The lowest BCUT2D eigenvalue weighted by atomic mass is 10.1. The number of nitrogens with zero attached hydrogens (tertiary/aromatic N) is 2. The number of likely N-dealkylation sites (N-methyl/N-ethyl adjacent to an activating group) is 1. The van der Waals surface area contributed by atoms with Gasteiger partial charge in [-0.3, -0.25) is 9.89 Å². The van der Waals surface area contributed by atoms with Crippen LogP contribution < -0.4 is 10.6 Å². The number of nitrogens with one attached hydrogen (secondary N) is 3. The highest BCUT2D eigenvalue weighted by atomic mass is 19.1. The number of aliphatic imine (C=N–C) groups is 1. The zero-order valence-electron chi connectivity index (χ0n) is 15.1. The van der Waals surface area contributed by atoms with Gasteiger partial charge in [0.15, 0.2) is 5.96 Å². The first-order valence-electron chi connectivity index (χ1n) is 9.15. The van der Waals surface area contributed by atoms with Crippen molar-refractivity contribution in [3.63, 3.8) is 0 Å². The molecule has 1 aromatic carbocycles. The minimum Gasteiger partial charge on any atom is -0.361 e. The molecule has 136 valence electrons. The molecule has 0 aliphatic carbocycles. The summed E-state index contributed by atoms with van der Waals surface area (Å²) < 4.78 is 13.4. The molecule has 1 aliphatic heterocycles. The summed E-state index contributed by atoms with van der Waals surface area (Å²) in [4.78, 5) is 10.0. The van der Waals surface area contributed by atoms with E-state index in [1.165, 1.54) is 25.5 Å². The summed E-state index contributed by atoms with van der Waals surface area (Å²) in [6.45, 7) is 6.20. The lowest BCUT2D eigenvalue weighted by Gasteiger charge is -2.23. The molecule has 0 saturated carbocycles. The highest BCUT2D eigenvalue weighted by molar-refractivity contribution is 5.83. The summed E-state index contributed by atoms with van der Waals surface area (Å²) in [5.74, 6) is 0.629. The predicted octanol–water partition coefficient (Wildman–Crippen LogP) is 2.50. The van der Waals surface area contributed by atoms with Gasteiger partial charge < -0.3 is 15.6 Å². The number of likely N-dealkylation sites (tertiary alicyclic amines) is 1. The second-order valence-corrected chi connectivity index (χ2v) is 6.56. The maximum Gasteiger partial charge on any atom is 0.191 e. The van der Waals surface area contributed by atoms with Gasteiger partial charge in [0.25, 0.3) is 0 Å². The number of aromatic nitrogens is 1. The maximum absolute atomic E-state index is 13.4. The van der Waals surface area contributed by atoms with Gasteiger partial charge in [0.1, 0.15) is 5.82 Å². The van der Waals surface area contributed by atoms with Crippen LogP contribution >= 0.6 is 0 Å². The third-order valence-electron chi connectivity index (χ3n) is 5.05. The molecule has 6 heteroatoms. The Morgan fingerprint density at radius 2 is 2.28 bits per heavy atom. The number of halogens is 1. The number of hydrogen-bond donors (Lipinski definition) is 3. The first kappa shape index (κ1) is 17.7. The standard InChI is InChI=1S/C19H28FN5/c1-3-25-10-4-5-16(25)13-24-19(21-2)22-9-8-14-12-23-18-7-6-15(20)11-17(14)18/h6-7,11-12,16,23H,3-5,8-10,13H2,1-2H3,(H2,21,22,24). The Labute approximate surface area is 148 Å². The van der Waals surface area contributed by atoms with Crippen LogP contribution in [0.5, 0.6) is 0 Å². The predicted molar refractivity (Wildman–Crippen MR) is 102 cm³/mol. The number of hydrogen-bond acceptors (Lipinski definition) is 2. The van der Waals surface area contributed by atoms with Gasteiger partial charge >= 0.3 is 0 Å². The summed E-state index contributed by atoms with van der Waals surface area (Å²) in [6, 6.07) is 5.45. The average Bonchev–Trinajstić information content (AvgIpc) is 3.24. The lowest BCUT2D eigenvalue weighted by molar-refractivity contribution is 0.267. The van der Waals surface area contributed by atoms with Crippen LogP contribution in [0.15, 0.2) is 29.4 Å². The Hall–Kier alpha value is -2.08. The van der Waals surface area contributed by atoms with Crippen molar-refractivity contribution in [2.45, 2.75) is 32.2 Å². The average molecular weight is 345 g/mol. The van der Waals surface area contributed by atoms with Gasteiger partial charge in [-0.25, -0.2) is 4.39 Å². The van der Waals surface area contributed by atoms with E-state index in [4.69, 9.17) is 0 Å². The van der Waals surface area contributed by atoms with E-state index in [0.29, 0.717) is 6.04 Å². The van der Waals surface area contributed by atoms with Crippen LogP contribution in [-0.4, -0.2) is 55.1 Å². The highest BCUT2D eigenvalue weighted by Gasteiger charge is 2.22. The number of guanidine groups is 1. The van der Waals surface area contributed by atoms with E-state index < -0.39 is 0 Å². The third kappa shape index (κ3) is 4.31. The summed E-state index contributed by atoms with van der Waals surface area (Å²) >= 11 is 0. The molecule has 1 saturated heterocycles. The Bertz CT molecular complexity index is 724. The Balaban J connectivity index is 1.49. The van der Waals surface area contributed by atoms with Crippen LogP contribution in [0.2, 0.25) is 0 Å². The van der Waals surface area contributed by atoms with Crippen LogP contribution in [-0.2, 0) is 6.42 Å². The molecule has 0 radical (unpaired) electrons. The molecule has 2 heterocycles. The van der Waals surface area contributed by atoms with Gasteiger partial charge in [0.05, 0.1) is 0 Å². The first-order chi connectivity index (χ1) is 12.2. The fourth-order valence-electron chi connectivity index (χ4n) is 3.65. The van der Waals surface area contributed by atoms with Crippen LogP contribution in [0.25, 0.3) is 10.9 Å². The van der Waals surface area contributed by atoms with Crippen LogP contribution in [0.1, 0.15) is 25.3 Å². The molecule has 25 heavy (non-hydrogen) atoms. The van der Waals surface area contributed by atoms with Crippen molar-refractivity contribution in [1.29, 1.82) is 0 Å². The molecule has 1 aromatic heterocycles. The number of aromatic amines is 1. The smallest absolute Gasteiger partial charge is 0.191 e. The molecule has 1 atom stereocenters.